The van der Waals surface area contributed by atoms with E-state index < -0.39 is 23.8 Å². The Balaban J connectivity index is 1.44. The summed E-state index contributed by atoms with van der Waals surface area (Å²) < 4.78 is 50.2. The van der Waals surface area contributed by atoms with Gasteiger partial charge >= 0.3 is 0 Å². The predicted octanol–water partition coefficient (Wildman–Crippen LogP) is 2.85. The number of nitrogens with zero attached hydrogens (tertiary/aromatic N) is 4. The standard InChI is InChI=1S/C21H21F3N6O/c1-31-16-3-17-26-9-15(30(17)29-19(16)21-4-10(5-21)6-21)18-11(22)2-12(23)20(28-18)27-14-8-25-7-13(14)24/h2-3,9-10,13-14,25H,4-8H2,1H3,(H,27,28). The van der Waals surface area contributed by atoms with Crippen molar-refractivity contribution in [2.45, 2.75) is 36.9 Å². The molecule has 1 aliphatic heterocycles. The summed E-state index contributed by atoms with van der Waals surface area (Å²) in [6.07, 6.45) is 3.49. The van der Waals surface area contributed by atoms with Gasteiger partial charge in [-0.3, -0.25) is 0 Å². The van der Waals surface area contributed by atoms with Crippen LogP contribution in [0.4, 0.5) is 19.0 Å². The number of methoxy groups -OCH3 is 1. The predicted molar refractivity (Wildman–Crippen MR) is 107 cm³/mol. The summed E-state index contributed by atoms with van der Waals surface area (Å²) in [5, 5.41) is 10.4. The van der Waals surface area contributed by atoms with Crippen molar-refractivity contribution in [3.05, 3.63) is 35.7 Å². The third-order valence-electron chi connectivity index (χ3n) is 6.85. The van der Waals surface area contributed by atoms with Crippen LogP contribution in [0.2, 0.25) is 0 Å². The highest BCUT2D eigenvalue weighted by Crippen LogP contribution is 2.66. The second-order valence-electron chi connectivity index (χ2n) is 8.81. The number of fused-ring (bicyclic) bond motifs is 1. The molecule has 2 N–H and O–H groups in total. The quantitative estimate of drug-likeness (QED) is 0.648. The lowest BCUT2D eigenvalue weighted by Crippen LogP contribution is -2.56. The zero-order valence-corrected chi connectivity index (χ0v) is 16.8. The van der Waals surface area contributed by atoms with E-state index >= 15 is 0 Å². The number of aromatic nitrogens is 4. The first-order valence-corrected chi connectivity index (χ1v) is 10.4. The van der Waals surface area contributed by atoms with Gasteiger partial charge in [0.1, 0.15) is 29.0 Å². The summed E-state index contributed by atoms with van der Waals surface area (Å²) in [5.74, 6) is -0.496. The summed E-state index contributed by atoms with van der Waals surface area (Å²) in [4.78, 5) is 8.47. The van der Waals surface area contributed by atoms with E-state index in [1.54, 1.807) is 13.2 Å². The third-order valence-corrected chi connectivity index (χ3v) is 6.85. The van der Waals surface area contributed by atoms with Gasteiger partial charge in [-0.1, -0.05) is 0 Å². The molecular weight excluding hydrogens is 409 g/mol. The summed E-state index contributed by atoms with van der Waals surface area (Å²) in [7, 11) is 1.60. The number of alkyl halides is 1. The Morgan fingerprint density at radius 1 is 1.19 bits per heavy atom. The van der Waals surface area contributed by atoms with Gasteiger partial charge < -0.3 is 15.4 Å². The largest absolute Gasteiger partial charge is 0.495 e. The highest BCUT2D eigenvalue weighted by Gasteiger charge is 2.59. The second kappa shape index (κ2) is 6.56. The van der Waals surface area contributed by atoms with Crippen LogP contribution in [0.25, 0.3) is 17.0 Å². The maximum absolute atomic E-state index is 14.8. The molecule has 4 fully saturated rings. The van der Waals surface area contributed by atoms with E-state index in [-0.39, 0.29) is 23.5 Å². The van der Waals surface area contributed by atoms with Crippen LogP contribution in [0.15, 0.2) is 18.3 Å². The van der Waals surface area contributed by atoms with E-state index in [1.165, 1.54) is 10.7 Å². The van der Waals surface area contributed by atoms with Gasteiger partial charge in [0.2, 0.25) is 0 Å². The minimum absolute atomic E-state index is 0.0127. The average molecular weight is 430 g/mol. The molecule has 7 rings (SSSR count). The molecule has 2 unspecified atom stereocenters. The normalized spacial score (nSPS) is 29.0. The van der Waals surface area contributed by atoms with Crippen molar-refractivity contribution in [2.75, 3.05) is 25.5 Å². The number of anilines is 1. The number of ether oxygens (including phenoxy) is 1. The van der Waals surface area contributed by atoms with Crippen molar-refractivity contribution in [1.29, 1.82) is 0 Å². The van der Waals surface area contributed by atoms with Crippen molar-refractivity contribution < 1.29 is 17.9 Å². The number of imidazole rings is 1. The fourth-order valence-electron chi connectivity index (χ4n) is 5.06. The number of halogens is 3. The summed E-state index contributed by atoms with van der Waals surface area (Å²) in [5.41, 5.74) is 1.53. The molecule has 3 saturated carbocycles. The Kier molecular flexibility index (Phi) is 3.99. The first-order chi connectivity index (χ1) is 15.0. The molecule has 3 aromatic heterocycles. The summed E-state index contributed by atoms with van der Waals surface area (Å²) in [6, 6.07) is 1.90. The molecule has 3 aromatic rings. The Bertz CT molecular complexity index is 1180. The Morgan fingerprint density at radius 2 is 2.00 bits per heavy atom. The fourth-order valence-corrected chi connectivity index (χ4v) is 5.06. The smallest absolute Gasteiger partial charge is 0.168 e. The van der Waals surface area contributed by atoms with E-state index in [9.17, 15) is 13.2 Å². The number of hydrogen-bond acceptors (Lipinski definition) is 6. The van der Waals surface area contributed by atoms with Crippen LogP contribution >= 0.6 is 0 Å². The molecule has 4 aliphatic rings. The van der Waals surface area contributed by atoms with Crippen LogP contribution in [0.5, 0.6) is 5.75 Å². The van der Waals surface area contributed by atoms with Crippen LogP contribution in [-0.2, 0) is 5.41 Å². The second-order valence-corrected chi connectivity index (χ2v) is 8.81. The SMILES string of the molecule is COc1cc2ncc(-c3nc(NC4CNCC4F)c(F)cc3F)n2nc1C12CC(C1)C2. The molecule has 7 nitrogen and oxygen atoms in total. The number of rotatable bonds is 5. The van der Waals surface area contributed by atoms with Gasteiger partial charge in [0.15, 0.2) is 23.1 Å². The Morgan fingerprint density at radius 3 is 2.65 bits per heavy atom. The highest BCUT2D eigenvalue weighted by molar-refractivity contribution is 5.63. The van der Waals surface area contributed by atoms with E-state index in [0.717, 1.165) is 36.9 Å². The summed E-state index contributed by atoms with van der Waals surface area (Å²) >= 11 is 0. The van der Waals surface area contributed by atoms with Gasteiger partial charge in [0.05, 0.1) is 19.3 Å². The Hall–Kier alpha value is -2.88. The molecule has 2 atom stereocenters. The highest BCUT2D eigenvalue weighted by atomic mass is 19.1. The average Bonchev–Trinajstić information content (AvgIpc) is 3.27. The zero-order valence-electron chi connectivity index (χ0n) is 16.8. The van der Waals surface area contributed by atoms with Crippen LogP contribution in [-0.4, -0.2) is 52.0 Å². The molecule has 162 valence electrons. The number of hydrogen-bond donors (Lipinski definition) is 2. The van der Waals surface area contributed by atoms with Crippen molar-refractivity contribution in [3.63, 3.8) is 0 Å². The maximum Gasteiger partial charge on any atom is 0.168 e. The maximum atomic E-state index is 14.8. The van der Waals surface area contributed by atoms with Crippen LogP contribution in [0.1, 0.15) is 25.0 Å². The minimum atomic E-state index is -1.18. The van der Waals surface area contributed by atoms with Crippen molar-refractivity contribution in [2.24, 2.45) is 5.92 Å². The molecule has 31 heavy (non-hydrogen) atoms. The monoisotopic (exact) mass is 430 g/mol. The van der Waals surface area contributed by atoms with E-state index in [0.29, 0.717) is 23.6 Å². The first kappa shape index (κ1) is 18.9. The lowest BCUT2D eigenvalue weighted by atomic mass is 9.43. The van der Waals surface area contributed by atoms with Crippen LogP contribution < -0.4 is 15.4 Å². The molecule has 10 heteroatoms. The van der Waals surface area contributed by atoms with Crippen molar-refractivity contribution in [3.8, 4) is 17.1 Å². The first-order valence-electron chi connectivity index (χ1n) is 10.4. The molecule has 0 radical (unpaired) electrons. The molecule has 0 amide bonds. The van der Waals surface area contributed by atoms with E-state index in [2.05, 4.69) is 20.6 Å². The molecule has 4 heterocycles. The van der Waals surface area contributed by atoms with E-state index in [4.69, 9.17) is 9.84 Å². The van der Waals surface area contributed by atoms with Crippen LogP contribution in [0, 0.1) is 17.6 Å². The zero-order chi connectivity index (χ0) is 21.3. The van der Waals surface area contributed by atoms with Gasteiger partial charge in [-0.05, 0) is 25.2 Å². The lowest BCUT2D eigenvalue weighted by molar-refractivity contribution is -0.0333. The van der Waals surface area contributed by atoms with Crippen molar-refractivity contribution in [1.82, 2.24) is 24.9 Å². The minimum Gasteiger partial charge on any atom is -0.495 e. The molecule has 0 aromatic carbocycles. The van der Waals surface area contributed by atoms with Crippen LogP contribution in [0.3, 0.4) is 0 Å². The fraction of sp³-hybridized carbons (Fsp3) is 0.476. The Labute approximate surface area is 176 Å². The number of pyridine rings is 1. The molecule has 1 saturated heterocycles. The topological polar surface area (TPSA) is 76.4 Å². The van der Waals surface area contributed by atoms with Gasteiger partial charge in [-0.15, -0.1) is 0 Å². The molecule has 0 spiro atoms. The molecule has 3 aliphatic carbocycles. The van der Waals surface area contributed by atoms with Crippen molar-refractivity contribution >= 4 is 11.5 Å². The van der Waals surface area contributed by atoms with E-state index in [1.807, 2.05) is 0 Å². The third kappa shape index (κ3) is 2.73. The molecule has 2 bridgehead atoms. The van der Waals surface area contributed by atoms with Gasteiger partial charge in [-0.25, -0.2) is 27.7 Å². The molecular formula is C21H21F3N6O. The number of nitrogens with one attached hydrogen (secondary N) is 2. The van der Waals surface area contributed by atoms with Gasteiger partial charge in [0, 0.05) is 30.6 Å². The van der Waals surface area contributed by atoms with Gasteiger partial charge in [0.25, 0.3) is 0 Å². The lowest BCUT2D eigenvalue weighted by Gasteiger charge is -2.61. The summed E-state index contributed by atoms with van der Waals surface area (Å²) in [6.45, 7) is 0.510. The van der Waals surface area contributed by atoms with Gasteiger partial charge in [-0.2, -0.15) is 5.10 Å².